The van der Waals surface area contributed by atoms with E-state index in [4.69, 9.17) is 11.6 Å². The van der Waals surface area contributed by atoms with Crippen molar-refractivity contribution in [1.29, 1.82) is 0 Å². The highest BCUT2D eigenvalue weighted by Crippen LogP contribution is 2.30. The predicted molar refractivity (Wildman–Crippen MR) is 118 cm³/mol. The van der Waals surface area contributed by atoms with Gasteiger partial charge in [-0.1, -0.05) is 62.7 Å². The van der Waals surface area contributed by atoms with Crippen molar-refractivity contribution in [2.24, 2.45) is 0 Å². The molecule has 0 saturated heterocycles. The Morgan fingerprint density at radius 2 is 1.59 bits per heavy atom. The average Bonchev–Trinajstić information content (AvgIpc) is 2.72. The molecule has 5 nitrogen and oxygen atoms in total. The van der Waals surface area contributed by atoms with E-state index in [0.29, 0.717) is 28.0 Å². The van der Waals surface area contributed by atoms with Gasteiger partial charge in [0.25, 0.3) is 0 Å². The van der Waals surface area contributed by atoms with Gasteiger partial charge in [-0.15, -0.1) is 0 Å². The fraction of sp³-hybridized carbons (Fsp3) is 0.304. The molecule has 1 aromatic heterocycles. The molecule has 3 rings (SSSR count). The molecule has 2 aromatic carbocycles. The maximum atomic E-state index is 11.5. The first-order valence-corrected chi connectivity index (χ1v) is 10.1. The Bertz CT molecular complexity index is 949. The third kappa shape index (κ3) is 5.92. The zero-order chi connectivity index (χ0) is 21.4. The molecule has 1 heterocycles. The number of fused-ring (bicyclic) bond motifs is 1. The van der Waals surface area contributed by atoms with Crippen molar-refractivity contribution in [2.75, 3.05) is 19.6 Å². The van der Waals surface area contributed by atoms with Crippen molar-refractivity contribution in [3.05, 3.63) is 70.4 Å². The van der Waals surface area contributed by atoms with Crippen LogP contribution in [0, 0.1) is 0 Å². The van der Waals surface area contributed by atoms with Crippen LogP contribution >= 0.6 is 11.6 Å². The van der Waals surface area contributed by atoms with E-state index in [2.05, 4.69) is 30.7 Å². The van der Waals surface area contributed by atoms with Gasteiger partial charge in [0.1, 0.15) is 5.56 Å². The van der Waals surface area contributed by atoms with Crippen LogP contribution in [0.4, 0.5) is 0 Å². The first kappa shape index (κ1) is 22.7. The molecule has 0 aliphatic carbocycles. The number of para-hydroxylation sites is 1. The number of pyridine rings is 1. The number of benzene rings is 2. The second-order valence-corrected chi connectivity index (χ2v) is 6.96. The Morgan fingerprint density at radius 3 is 2.10 bits per heavy atom. The first-order valence-electron chi connectivity index (χ1n) is 9.71. The minimum Gasteiger partial charge on any atom is -0.505 e. The average molecular weight is 415 g/mol. The van der Waals surface area contributed by atoms with Crippen LogP contribution in [-0.2, 0) is 6.42 Å². The lowest BCUT2D eigenvalue weighted by molar-refractivity contribution is 0.0695. The lowest BCUT2D eigenvalue weighted by Crippen LogP contribution is -2.21. The molecule has 3 aromatic rings. The summed E-state index contributed by atoms with van der Waals surface area (Å²) in [5.74, 6) is -1.46. The summed E-state index contributed by atoms with van der Waals surface area (Å²) in [6.07, 6.45) is 0.327. The molecule has 29 heavy (non-hydrogen) atoms. The topological polar surface area (TPSA) is 73.7 Å². The van der Waals surface area contributed by atoms with Crippen molar-refractivity contribution in [2.45, 2.75) is 27.2 Å². The Labute approximate surface area is 176 Å². The quantitative estimate of drug-likeness (QED) is 0.577. The lowest BCUT2D eigenvalue weighted by Gasteiger charge is -2.13. The highest BCUT2D eigenvalue weighted by molar-refractivity contribution is 6.30. The second-order valence-electron chi connectivity index (χ2n) is 6.53. The molecule has 0 aliphatic rings. The van der Waals surface area contributed by atoms with Crippen LogP contribution in [0.5, 0.6) is 5.75 Å². The van der Waals surface area contributed by atoms with E-state index >= 15 is 0 Å². The van der Waals surface area contributed by atoms with Crippen molar-refractivity contribution < 1.29 is 15.0 Å². The van der Waals surface area contributed by atoms with E-state index in [1.165, 1.54) is 19.6 Å². The number of carboxylic acids is 1. The molecule has 0 radical (unpaired) electrons. The summed E-state index contributed by atoms with van der Waals surface area (Å²) in [7, 11) is 0. The number of carboxylic acid groups (broad SMARTS) is 1. The summed E-state index contributed by atoms with van der Waals surface area (Å²) >= 11 is 5.85. The van der Waals surface area contributed by atoms with Gasteiger partial charge in [0.15, 0.2) is 5.75 Å². The third-order valence-electron chi connectivity index (χ3n) is 4.78. The number of rotatable bonds is 6. The van der Waals surface area contributed by atoms with E-state index in [1.807, 2.05) is 12.1 Å². The monoisotopic (exact) mass is 414 g/mol. The molecule has 0 bridgehead atoms. The molecule has 0 fully saturated rings. The van der Waals surface area contributed by atoms with Gasteiger partial charge in [-0.25, -0.2) is 9.78 Å². The van der Waals surface area contributed by atoms with Crippen LogP contribution in [0.15, 0.2) is 48.5 Å². The largest absolute Gasteiger partial charge is 0.505 e. The Morgan fingerprint density at radius 1 is 1.00 bits per heavy atom. The smallest absolute Gasteiger partial charge is 0.340 e. The minimum atomic E-state index is -1.17. The summed E-state index contributed by atoms with van der Waals surface area (Å²) in [5, 5.41) is 20.7. The van der Waals surface area contributed by atoms with E-state index in [9.17, 15) is 15.0 Å². The number of hydrogen-bond acceptors (Lipinski definition) is 4. The summed E-state index contributed by atoms with van der Waals surface area (Å²) in [5.41, 5.74) is 1.65. The zero-order valence-corrected chi connectivity index (χ0v) is 17.8. The maximum Gasteiger partial charge on any atom is 0.340 e. The molecular formula is C23H27ClN2O3. The summed E-state index contributed by atoms with van der Waals surface area (Å²) in [6, 6.07) is 14.0. The van der Waals surface area contributed by atoms with Crippen LogP contribution in [-0.4, -0.2) is 45.7 Å². The summed E-state index contributed by atoms with van der Waals surface area (Å²) in [6.45, 7) is 10.1. The standard InChI is InChI=1S/C17H12ClNO3.C6H15N/c18-11-7-5-10(6-8-11)9-14-16(20)15(17(21)22)12-3-1-2-4-13(12)19-14;1-4-7(5-2)6-3/h1-8,20H,9H2,(H,21,22);4-6H2,1-3H3. The van der Waals surface area contributed by atoms with Gasteiger partial charge in [-0.2, -0.15) is 0 Å². The Hall–Kier alpha value is -2.63. The van der Waals surface area contributed by atoms with Crippen LogP contribution in [0.1, 0.15) is 42.4 Å². The Kier molecular flexibility index (Phi) is 8.43. The van der Waals surface area contributed by atoms with E-state index in [0.717, 1.165) is 5.56 Å². The van der Waals surface area contributed by atoms with Gasteiger partial charge < -0.3 is 15.1 Å². The highest BCUT2D eigenvalue weighted by Gasteiger charge is 2.19. The summed E-state index contributed by atoms with van der Waals surface area (Å²) < 4.78 is 0. The number of nitrogens with zero attached hydrogens (tertiary/aromatic N) is 2. The number of aromatic hydroxyl groups is 1. The van der Waals surface area contributed by atoms with Gasteiger partial charge in [-0.3, -0.25) is 0 Å². The highest BCUT2D eigenvalue weighted by atomic mass is 35.5. The number of hydrogen-bond donors (Lipinski definition) is 2. The zero-order valence-electron chi connectivity index (χ0n) is 17.0. The number of aromatic carboxylic acids is 1. The van der Waals surface area contributed by atoms with Crippen LogP contribution < -0.4 is 0 Å². The Balaban J connectivity index is 0.000000370. The number of carbonyl (C=O) groups is 1. The fourth-order valence-corrected chi connectivity index (χ4v) is 3.18. The molecule has 154 valence electrons. The number of halogens is 1. The second kappa shape index (κ2) is 10.8. The van der Waals surface area contributed by atoms with E-state index < -0.39 is 5.97 Å². The van der Waals surface area contributed by atoms with Crippen molar-refractivity contribution in [1.82, 2.24) is 9.88 Å². The van der Waals surface area contributed by atoms with E-state index in [-0.39, 0.29) is 11.3 Å². The molecule has 0 aliphatic heterocycles. The van der Waals surface area contributed by atoms with Gasteiger partial charge >= 0.3 is 5.97 Å². The summed E-state index contributed by atoms with van der Waals surface area (Å²) in [4.78, 5) is 18.2. The molecule has 0 unspecified atom stereocenters. The van der Waals surface area contributed by atoms with E-state index in [1.54, 1.807) is 36.4 Å². The normalized spacial score (nSPS) is 10.7. The van der Waals surface area contributed by atoms with Crippen LogP contribution in [0.2, 0.25) is 5.02 Å². The molecule has 0 amide bonds. The third-order valence-corrected chi connectivity index (χ3v) is 5.03. The molecule has 6 heteroatoms. The van der Waals surface area contributed by atoms with Crippen LogP contribution in [0.25, 0.3) is 10.9 Å². The van der Waals surface area contributed by atoms with Gasteiger partial charge in [-0.05, 0) is 43.4 Å². The molecule has 0 saturated carbocycles. The molecular weight excluding hydrogens is 388 g/mol. The lowest BCUT2D eigenvalue weighted by atomic mass is 10.0. The number of aromatic nitrogens is 1. The maximum absolute atomic E-state index is 11.5. The predicted octanol–water partition coefficient (Wildman–Crippen LogP) is 5.23. The van der Waals surface area contributed by atoms with Crippen LogP contribution in [0.3, 0.4) is 0 Å². The first-order chi connectivity index (χ1) is 13.9. The van der Waals surface area contributed by atoms with Gasteiger partial charge in [0.2, 0.25) is 0 Å². The molecule has 2 N–H and O–H groups in total. The van der Waals surface area contributed by atoms with Crippen molar-refractivity contribution >= 4 is 28.5 Å². The SMILES string of the molecule is CCN(CC)CC.O=C(O)c1c(O)c(Cc2ccc(Cl)cc2)nc2ccccc12. The van der Waals surface area contributed by atoms with Crippen molar-refractivity contribution in [3.8, 4) is 5.75 Å². The van der Waals surface area contributed by atoms with Gasteiger partial charge in [0, 0.05) is 16.8 Å². The minimum absolute atomic E-state index is 0.116. The van der Waals surface area contributed by atoms with Crippen molar-refractivity contribution in [3.63, 3.8) is 0 Å². The fourth-order valence-electron chi connectivity index (χ4n) is 3.06. The molecule has 0 atom stereocenters. The molecule has 0 spiro atoms. The van der Waals surface area contributed by atoms with Gasteiger partial charge in [0.05, 0.1) is 11.2 Å².